The number of alkyl halides is 3. The van der Waals surface area contributed by atoms with Crippen LogP contribution in [0.5, 0.6) is 11.5 Å². The first-order valence-corrected chi connectivity index (χ1v) is 13.2. The third-order valence-electron chi connectivity index (χ3n) is 7.32. The normalized spacial score (nSPS) is 15.5. The van der Waals surface area contributed by atoms with Gasteiger partial charge in [0.2, 0.25) is 0 Å². The van der Waals surface area contributed by atoms with Gasteiger partial charge in [-0.05, 0) is 68.3 Å². The van der Waals surface area contributed by atoms with E-state index in [-0.39, 0.29) is 42.2 Å². The molecular formula is C30H31ClF4N4O3. The molecule has 0 unspecified atom stereocenters. The Kier molecular flexibility index (Phi) is 9.20. The molecule has 0 amide bonds. The molecule has 7 nitrogen and oxygen atoms in total. The van der Waals surface area contributed by atoms with E-state index in [1.54, 1.807) is 55.1 Å². The SMILES string of the molecule is COc1ccn2nc(C)c(C(=O)CCc3ccc(N4CCN(c5ccc(OC(F)(F)F)cc5)[C@@H](C)C4)c(F)c3)c2c1.Cl. The number of hydrogen-bond donors (Lipinski definition) is 0. The summed E-state index contributed by atoms with van der Waals surface area (Å²) in [6.07, 6.45) is -2.40. The van der Waals surface area contributed by atoms with Crippen molar-refractivity contribution in [3.05, 3.63) is 83.4 Å². The highest BCUT2D eigenvalue weighted by atomic mass is 35.5. The molecule has 1 fully saturated rings. The number of ketones is 1. The molecule has 42 heavy (non-hydrogen) atoms. The first kappa shape index (κ1) is 31.0. The summed E-state index contributed by atoms with van der Waals surface area (Å²) in [6.45, 7) is 5.42. The van der Waals surface area contributed by atoms with Gasteiger partial charge in [-0.1, -0.05) is 6.07 Å². The topological polar surface area (TPSA) is 59.3 Å². The van der Waals surface area contributed by atoms with Crippen LogP contribution in [0.25, 0.3) is 5.52 Å². The Balaban J connectivity index is 0.00000405. The zero-order valence-electron chi connectivity index (χ0n) is 23.3. The van der Waals surface area contributed by atoms with E-state index >= 15 is 4.39 Å². The van der Waals surface area contributed by atoms with Gasteiger partial charge < -0.3 is 19.3 Å². The van der Waals surface area contributed by atoms with E-state index in [1.807, 2.05) is 17.9 Å². The van der Waals surface area contributed by atoms with Gasteiger partial charge in [0, 0.05) is 50.0 Å². The van der Waals surface area contributed by atoms with E-state index in [9.17, 15) is 18.0 Å². The Hall–Kier alpha value is -3.99. The smallest absolute Gasteiger partial charge is 0.497 e. The van der Waals surface area contributed by atoms with Crippen molar-refractivity contribution in [2.75, 3.05) is 36.5 Å². The standard InChI is InChI=1S/C30H30F4N4O3.ClH/c1-19-18-36(14-15-37(19)22-6-8-23(9-7-22)41-30(32,33)34)26-10-4-21(16-25(26)31)5-11-28(39)29-20(2)35-38-13-12-24(40-3)17-27(29)38;/h4,6-10,12-13,16-17,19H,5,11,14-15,18H2,1-3H3;1H/t19-;/m0./s1. The third kappa shape index (κ3) is 6.73. The fourth-order valence-corrected chi connectivity index (χ4v) is 5.36. The van der Waals surface area contributed by atoms with Crippen LogP contribution < -0.4 is 19.3 Å². The fourth-order valence-electron chi connectivity index (χ4n) is 5.36. The van der Waals surface area contributed by atoms with E-state index < -0.39 is 6.36 Å². The number of ether oxygens (including phenoxy) is 2. The van der Waals surface area contributed by atoms with Gasteiger partial charge in [0.25, 0.3) is 0 Å². The van der Waals surface area contributed by atoms with Crippen molar-refractivity contribution in [3.8, 4) is 11.5 Å². The zero-order valence-corrected chi connectivity index (χ0v) is 24.1. The number of rotatable bonds is 8. The van der Waals surface area contributed by atoms with Crippen molar-refractivity contribution < 1.29 is 31.8 Å². The lowest BCUT2D eigenvalue weighted by Gasteiger charge is -2.42. The van der Waals surface area contributed by atoms with Gasteiger partial charge in [0.05, 0.1) is 29.6 Å². The van der Waals surface area contributed by atoms with Crippen LogP contribution in [0.4, 0.5) is 28.9 Å². The van der Waals surface area contributed by atoms with Crippen LogP contribution in [-0.2, 0) is 6.42 Å². The van der Waals surface area contributed by atoms with Crippen molar-refractivity contribution in [3.63, 3.8) is 0 Å². The average molecular weight is 607 g/mol. The number of carbonyl (C=O) groups is 1. The minimum Gasteiger partial charge on any atom is -0.497 e. The van der Waals surface area contributed by atoms with Gasteiger partial charge in [-0.2, -0.15) is 5.10 Å². The van der Waals surface area contributed by atoms with Crippen molar-refractivity contribution in [1.82, 2.24) is 9.61 Å². The van der Waals surface area contributed by atoms with E-state index in [0.717, 1.165) is 11.3 Å². The second-order valence-electron chi connectivity index (χ2n) is 10.1. The molecule has 2 aromatic carbocycles. The van der Waals surface area contributed by atoms with Crippen LogP contribution in [0.1, 0.15) is 35.0 Å². The van der Waals surface area contributed by atoms with Crippen molar-refractivity contribution in [2.45, 2.75) is 39.1 Å². The van der Waals surface area contributed by atoms with E-state index in [4.69, 9.17) is 4.74 Å². The molecule has 2 aromatic heterocycles. The summed E-state index contributed by atoms with van der Waals surface area (Å²) in [6, 6.07) is 14.4. The van der Waals surface area contributed by atoms with Crippen molar-refractivity contribution >= 4 is 35.1 Å². The van der Waals surface area contributed by atoms with Gasteiger partial charge in [-0.25, -0.2) is 8.91 Å². The lowest BCUT2D eigenvalue weighted by Crippen LogP contribution is -2.52. The third-order valence-corrected chi connectivity index (χ3v) is 7.32. The fraction of sp³-hybridized carbons (Fsp3) is 0.333. The number of carbonyl (C=O) groups excluding carboxylic acids is 1. The summed E-state index contributed by atoms with van der Waals surface area (Å²) in [5.74, 6) is -0.0718. The molecule has 1 aliphatic heterocycles. The molecule has 0 spiro atoms. The number of anilines is 2. The van der Waals surface area contributed by atoms with E-state index in [1.165, 1.54) is 18.2 Å². The number of benzene rings is 2. The molecule has 224 valence electrons. The minimum atomic E-state index is -4.74. The number of aryl methyl sites for hydroxylation is 2. The lowest BCUT2D eigenvalue weighted by molar-refractivity contribution is -0.274. The predicted octanol–water partition coefficient (Wildman–Crippen LogP) is 6.64. The molecule has 1 aliphatic rings. The molecule has 0 saturated carbocycles. The maximum Gasteiger partial charge on any atom is 0.573 e. The summed E-state index contributed by atoms with van der Waals surface area (Å²) < 4.78 is 63.5. The number of hydrogen-bond acceptors (Lipinski definition) is 6. The molecule has 5 rings (SSSR count). The van der Waals surface area contributed by atoms with Crippen LogP contribution in [-0.4, -0.2) is 54.5 Å². The number of fused-ring (bicyclic) bond motifs is 1. The molecule has 0 bridgehead atoms. The van der Waals surface area contributed by atoms with Gasteiger partial charge in [0.15, 0.2) is 5.78 Å². The Morgan fingerprint density at radius 1 is 1.05 bits per heavy atom. The van der Waals surface area contributed by atoms with Crippen LogP contribution in [0.2, 0.25) is 0 Å². The van der Waals surface area contributed by atoms with E-state index in [0.29, 0.717) is 54.3 Å². The number of nitrogens with zero attached hydrogens (tertiary/aromatic N) is 4. The Labute approximate surface area is 247 Å². The molecule has 0 aliphatic carbocycles. The summed E-state index contributed by atoms with van der Waals surface area (Å²) >= 11 is 0. The van der Waals surface area contributed by atoms with Gasteiger partial charge in [-0.15, -0.1) is 25.6 Å². The quantitative estimate of drug-likeness (QED) is 0.166. The average Bonchev–Trinajstić information content (AvgIpc) is 3.26. The number of methoxy groups -OCH3 is 1. The Bertz CT molecular complexity index is 1560. The molecular weight excluding hydrogens is 576 g/mol. The van der Waals surface area contributed by atoms with Crippen LogP contribution in [0, 0.1) is 12.7 Å². The predicted molar refractivity (Wildman–Crippen MR) is 155 cm³/mol. The Morgan fingerprint density at radius 2 is 1.79 bits per heavy atom. The number of aromatic nitrogens is 2. The van der Waals surface area contributed by atoms with Gasteiger partial charge in [0.1, 0.15) is 17.3 Å². The minimum absolute atomic E-state index is 0. The molecule has 0 radical (unpaired) electrons. The van der Waals surface area contributed by atoms with Gasteiger partial charge in [-0.3, -0.25) is 4.79 Å². The summed E-state index contributed by atoms with van der Waals surface area (Å²) in [4.78, 5) is 17.2. The highest BCUT2D eigenvalue weighted by molar-refractivity contribution is 6.03. The lowest BCUT2D eigenvalue weighted by atomic mass is 10.0. The van der Waals surface area contributed by atoms with Crippen molar-refractivity contribution in [1.29, 1.82) is 0 Å². The molecule has 0 N–H and O–H groups in total. The zero-order chi connectivity index (χ0) is 29.3. The number of piperazine rings is 1. The first-order chi connectivity index (χ1) is 19.5. The molecule has 4 aromatic rings. The Morgan fingerprint density at radius 3 is 2.43 bits per heavy atom. The van der Waals surface area contributed by atoms with Gasteiger partial charge >= 0.3 is 6.36 Å². The molecule has 3 heterocycles. The van der Waals surface area contributed by atoms with Crippen LogP contribution in [0.15, 0.2) is 60.8 Å². The number of pyridine rings is 1. The largest absolute Gasteiger partial charge is 0.573 e. The second-order valence-corrected chi connectivity index (χ2v) is 10.1. The number of halogens is 5. The monoisotopic (exact) mass is 606 g/mol. The summed E-state index contributed by atoms with van der Waals surface area (Å²) in [7, 11) is 1.56. The van der Waals surface area contributed by atoms with Crippen LogP contribution in [0.3, 0.4) is 0 Å². The maximum atomic E-state index is 15.2. The van der Waals surface area contributed by atoms with Crippen molar-refractivity contribution in [2.24, 2.45) is 0 Å². The van der Waals surface area contributed by atoms with E-state index in [2.05, 4.69) is 14.7 Å². The number of Topliss-reactive ketones (excluding diaryl/α,β-unsaturated/α-hetero) is 1. The molecule has 1 saturated heterocycles. The highest BCUT2D eigenvalue weighted by Gasteiger charge is 2.31. The van der Waals surface area contributed by atoms with Crippen LogP contribution >= 0.6 is 12.4 Å². The summed E-state index contributed by atoms with van der Waals surface area (Å²) in [5.41, 5.74) is 3.81. The highest BCUT2D eigenvalue weighted by Crippen LogP contribution is 2.30. The summed E-state index contributed by atoms with van der Waals surface area (Å²) in [5, 5.41) is 4.41. The molecule has 1 atom stereocenters. The molecule has 12 heteroatoms. The maximum absolute atomic E-state index is 15.2. The first-order valence-electron chi connectivity index (χ1n) is 13.2. The second kappa shape index (κ2) is 12.5.